The smallest absolute Gasteiger partial charge is 0.309 e. The third kappa shape index (κ3) is 4.81. The number of aliphatic carboxylic acids is 1. The molecule has 0 aromatic heterocycles. The molecule has 0 bridgehead atoms. The molecule has 4 nitrogen and oxygen atoms in total. The van der Waals surface area contributed by atoms with Gasteiger partial charge in [0.1, 0.15) is 0 Å². The van der Waals surface area contributed by atoms with Gasteiger partial charge in [0.25, 0.3) is 0 Å². The molecule has 0 aliphatic rings. The highest BCUT2D eigenvalue weighted by atomic mass is 16.5. The second-order valence-corrected chi connectivity index (χ2v) is 5.08. The summed E-state index contributed by atoms with van der Waals surface area (Å²) in [5.74, 6) is 0.557. The SMILES string of the molecule is CCCOc1ccccc1OCCC(C)(C)C(=O)O. The van der Waals surface area contributed by atoms with Crippen LogP contribution in [0.5, 0.6) is 11.5 Å². The first-order valence-corrected chi connectivity index (χ1v) is 6.55. The molecule has 106 valence electrons. The van der Waals surface area contributed by atoms with Gasteiger partial charge >= 0.3 is 5.97 Å². The second-order valence-electron chi connectivity index (χ2n) is 5.08. The van der Waals surface area contributed by atoms with Crippen molar-refractivity contribution in [1.82, 2.24) is 0 Å². The molecule has 0 aliphatic heterocycles. The van der Waals surface area contributed by atoms with Crippen LogP contribution in [0, 0.1) is 5.41 Å². The van der Waals surface area contributed by atoms with E-state index in [1.165, 1.54) is 0 Å². The zero-order chi connectivity index (χ0) is 14.3. The first kappa shape index (κ1) is 15.3. The lowest BCUT2D eigenvalue weighted by atomic mass is 9.90. The van der Waals surface area contributed by atoms with Crippen LogP contribution in [0.15, 0.2) is 24.3 Å². The molecule has 0 aliphatic carbocycles. The van der Waals surface area contributed by atoms with Gasteiger partial charge in [-0.3, -0.25) is 4.79 Å². The van der Waals surface area contributed by atoms with Gasteiger partial charge in [-0.05, 0) is 38.8 Å². The Labute approximate surface area is 114 Å². The molecular formula is C15H22O4. The van der Waals surface area contributed by atoms with Crippen LogP contribution in [-0.2, 0) is 4.79 Å². The van der Waals surface area contributed by atoms with Crippen molar-refractivity contribution in [3.05, 3.63) is 24.3 Å². The summed E-state index contributed by atoms with van der Waals surface area (Å²) in [6.07, 6.45) is 1.38. The molecule has 4 heteroatoms. The summed E-state index contributed by atoms with van der Waals surface area (Å²) >= 11 is 0. The van der Waals surface area contributed by atoms with Crippen LogP contribution in [0.1, 0.15) is 33.6 Å². The van der Waals surface area contributed by atoms with E-state index < -0.39 is 11.4 Å². The number of benzene rings is 1. The van der Waals surface area contributed by atoms with E-state index in [4.69, 9.17) is 14.6 Å². The summed E-state index contributed by atoms with van der Waals surface area (Å²) in [7, 11) is 0. The highest BCUT2D eigenvalue weighted by Crippen LogP contribution is 2.28. The molecule has 0 atom stereocenters. The van der Waals surface area contributed by atoms with Crippen molar-refractivity contribution in [2.45, 2.75) is 33.6 Å². The van der Waals surface area contributed by atoms with E-state index in [0.717, 1.165) is 6.42 Å². The Morgan fingerprint density at radius 2 is 1.68 bits per heavy atom. The van der Waals surface area contributed by atoms with E-state index in [0.29, 0.717) is 31.1 Å². The number of carboxylic acid groups (broad SMARTS) is 1. The molecule has 0 heterocycles. The third-order valence-corrected chi connectivity index (χ3v) is 2.87. The Morgan fingerprint density at radius 3 is 2.16 bits per heavy atom. The Balaban J connectivity index is 2.55. The number of rotatable bonds is 8. The van der Waals surface area contributed by atoms with E-state index in [-0.39, 0.29) is 0 Å². The average molecular weight is 266 g/mol. The van der Waals surface area contributed by atoms with E-state index in [2.05, 4.69) is 0 Å². The first-order valence-electron chi connectivity index (χ1n) is 6.55. The molecule has 0 unspecified atom stereocenters. The fourth-order valence-electron chi connectivity index (χ4n) is 1.42. The third-order valence-electron chi connectivity index (χ3n) is 2.87. The van der Waals surface area contributed by atoms with Crippen LogP contribution in [0.25, 0.3) is 0 Å². The van der Waals surface area contributed by atoms with Crippen LogP contribution in [0.4, 0.5) is 0 Å². The van der Waals surface area contributed by atoms with Crippen molar-refractivity contribution < 1.29 is 19.4 Å². The first-order chi connectivity index (χ1) is 8.97. The lowest BCUT2D eigenvalue weighted by Crippen LogP contribution is -2.25. The Bertz CT molecular complexity index is 412. The van der Waals surface area contributed by atoms with Gasteiger partial charge in [-0.25, -0.2) is 0 Å². The maximum absolute atomic E-state index is 11.0. The molecule has 1 N–H and O–H groups in total. The highest BCUT2D eigenvalue weighted by molar-refractivity contribution is 5.73. The molecule has 1 rings (SSSR count). The van der Waals surface area contributed by atoms with E-state index in [1.54, 1.807) is 13.8 Å². The number of hydrogen-bond donors (Lipinski definition) is 1. The summed E-state index contributed by atoms with van der Waals surface area (Å²) in [6.45, 7) is 6.42. The standard InChI is InChI=1S/C15H22O4/c1-4-10-18-12-7-5-6-8-13(12)19-11-9-15(2,3)14(16)17/h5-8H,4,9-11H2,1-3H3,(H,16,17). The molecule has 19 heavy (non-hydrogen) atoms. The maximum Gasteiger partial charge on any atom is 0.309 e. The Morgan fingerprint density at radius 1 is 1.16 bits per heavy atom. The zero-order valence-electron chi connectivity index (χ0n) is 11.8. The Hall–Kier alpha value is -1.71. The lowest BCUT2D eigenvalue weighted by Gasteiger charge is -2.19. The number of hydrogen-bond acceptors (Lipinski definition) is 3. The van der Waals surface area contributed by atoms with Crippen molar-refractivity contribution in [2.75, 3.05) is 13.2 Å². The fourth-order valence-corrected chi connectivity index (χ4v) is 1.42. The molecule has 0 fully saturated rings. The van der Waals surface area contributed by atoms with Crippen LogP contribution in [0.2, 0.25) is 0 Å². The average Bonchev–Trinajstić information content (AvgIpc) is 2.37. The summed E-state index contributed by atoms with van der Waals surface area (Å²) in [6, 6.07) is 7.45. The lowest BCUT2D eigenvalue weighted by molar-refractivity contribution is -0.147. The minimum Gasteiger partial charge on any atom is -0.490 e. The number of para-hydroxylation sites is 2. The molecule has 0 saturated heterocycles. The molecule has 0 saturated carbocycles. The van der Waals surface area contributed by atoms with Gasteiger partial charge in [0.2, 0.25) is 0 Å². The molecule has 0 radical (unpaired) electrons. The monoisotopic (exact) mass is 266 g/mol. The summed E-state index contributed by atoms with van der Waals surface area (Å²) < 4.78 is 11.2. The van der Waals surface area contributed by atoms with E-state index in [1.807, 2.05) is 31.2 Å². The predicted octanol–water partition coefficient (Wildman–Crippen LogP) is 3.36. The summed E-state index contributed by atoms with van der Waals surface area (Å²) in [5, 5.41) is 9.03. The molecule has 1 aromatic rings. The quantitative estimate of drug-likeness (QED) is 0.784. The maximum atomic E-state index is 11.0. The normalized spacial score (nSPS) is 11.1. The van der Waals surface area contributed by atoms with Crippen LogP contribution in [-0.4, -0.2) is 24.3 Å². The largest absolute Gasteiger partial charge is 0.490 e. The molecule has 0 spiro atoms. The van der Waals surface area contributed by atoms with E-state index in [9.17, 15) is 4.79 Å². The summed E-state index contributed by atoms with van der Waals surface area (Å²) in [5.41, 5.74) is -0.779. The zero-order valence-corrected chi connectivity index (χ0v) is 11.8. The molecular weight excluding hydrogens is 244 g/mol. The minimum atomic E-state index is -0.813. The molecule has 1 aromatic carbocycles. The molecule has 0 amide bonds. The van der Waals surface area contributed by atoms with Gasteiger partial charge < -0.3 is 14.6 Å². The van der Waals surface area contributed by atoms with Gasteiger partial charge in [-0.15, -0.1) is 0 Å². The van der Waals surface area contributed by atoms with Gasteiger partial charge in [-0.2, -0.15) is 0 Å². The van der Waals surface area contributed by atoms with Crippen molar-refractivity contribution in [1.29, 1.82) is 0 Å². The van der Waals surface area contributed by atoms with Gasteiger partial charge in [-0.1, -0.05) is 19.1 Å². The number of ether oxygens (including phenoxy) is 2. The Kier molecular flexibility index (Phi) is 5.67. The van der Waals surface area contributed by atoms with Crippen molar-refractivity contribution in [3.63, 3.8) is 0 Å². The van der Waals surface area contributed by atoms with Gasteiger partial charge in [0.15, 0.2) is 11.5 Å². The summed E-state index contributed by atoms with van der Waals surface area (Å²) in [4.78, 5) is 11.0. The van der Waals surface area contributed by atoms with Crippen LogP contribution in [0.3, 0.4) is 0 Å². The van der Waals surface area contributed by atoms with Crippen LogP contribution >= 0.6 is 0 Å². The van der Waals surface area contributed by atoms with Crippen molar-refractivity contribution in [2.24, 2.45) is 5.41 Å². The minimum absolute atomic E-state index is 0.353. The number of carbonyl (C=O) groups is 1. The van der Waals surface area contributed by atoms with Crippen molar-refractivity contribution in [3.8, 4) is 11.5 Å². The van der Waals surface area contributed by atoms with Gasteiger partial charge in [0.05, 0.1) is 18.6 Å². The topological polar surface area (TPSA) is 55.8 Å². The predicted molar refractivity (Wildman–Crippen MR) is 73.8 cm³/mol. The highest BCUT2D eigenvalue weighted by Gasteiger charge is 2.26. The van der Waals surface area contributed by atoms with Crippen LogP contribution < -0.4 is 9.47 Å². The van der Waals surface area contributed by atoms with Gasteiger partial charge in [0, 0.05) is 0 Å². The fraction of sp³-hybridized carbons (Fsp3) is 0.533. The second kappa shape index (κ2) is 7.02. The number of carboxylic acids is 1. The van der Waals surface area contributed by atoms with E-state index >= 15 is 0 Å². The van der Waals surface area contributed by atoms with Crippen molar-refractivity contribution >= 4 is 5.97 Å².